The predicted octanol–water partition coefficient (Wildman–Crippen LogP) is 1.41. The second-order valence-electron chi connectivity index (χ2n) is 4.05. The van der Waals surface area contributed by atoms with Crippen LogP contribution in [0.1, 0.15) is 17.9 Å². The van der Waals surface area contributed by atoms with E-state index in [4.69, 9.17) is 21.4 Å². The van der Waals surface area contributed by atoms with Gasteiger partial charge in [0, 0.05) is 22.9 Å². The molecule has 2 unspecified atom stereocenters. The lowest BCUT2D eigenvalue weighted by Crippen LogP contribution is -2.36. The summed E-state index contributed by atoms with van der Waals surface area (Å²) in [5.74, 6) is -1.39. The summed E-state index contributed by atoms with van der Waals surface area (Å²) in [5.41, 5.74) is 0.562. The average molecular weight is 270 g/mol. The predicted molar refractivity (Wildman–Crippen MR) is 64.9 cm³/mol. The van der Waals surface area contributed by atoms with Gasteiger partial charge in [0.1, 0.15) is 11.8 Å². The number of hydrogen-bond acceptors (Lipinski definition) is 3. The van der Waals surface area contributed by atoms with Gasteiger partial charge in [-0.05, 0) is 12.1 Å². The molecule has 0 bridgehead atoms. The molecular formula is C12H12ClNO4. The zero-order valence-electron chi connectivity index (χ0n) is 9.64. The molecule has 1 saturated heterocycles. The van der Waals surface area contributed by atoms with Crippen LogP contribution in [0.25, 0.3) is 0 Å². The summed E-state index contributed by atoms with van der Waals surface area (Å²) in [5, 5.41) is 12.0. The van der Waals surface area contributed by atoms with Crippen molar-refractivity contribution in [3.05, 3.63) is 28.8 Å². The van der Waals surface area contributed by atoms with Gasteiger partial charge >= 0.3 is 5.97 Å². The second kappa shape index (κ2) is 4.86. The Morgan fingerprint density at radius 2 is 2.28 bits per heavy atom. The molecule has 0 saturated carbocycles. The number of halogens is 1. The molecule has 1 aromatic carbocycles. The first kappa shape index (κ1) is 12.7. The third-order valence-corrected chi connectivity index (χ3v) is 3.32. The van der Waals surface area contributed by atoms with Crippen molar-refractivity contribution in [3.8, 4) is 5.75 Å². The first-order valence-corrected chi connectivity index (χ1v) is 5.77. The molecule has 1 aliphatic heterocycles. The number of carbonyl (C=O) groups excluding carboxylic acids is 1. The number of rotatable bonds is 3. The maximum atomic E-state index is 11.4. The van der Waals surface area contributed by atoms with Crippen molar-refractivity contribution in [2.24, 2.45) is 0 Å². The molecule has 1 fully saturated rings. The quantitative estimate of drug-likeness (QED) is 0.870. The molecule has 1 aliphatic rings. The van der Waals surface area contributed by atoms with Gasteiger partial charge < -0.3 is 15.2 Å². The van der Waals surface area contributed by atoms with Gasteiger partial charge in [0.25, 0.3) is 0 Å². The number of methoxy groups -OCH3 is 1. The SMILES string of the molecule is COc1cccc(Cl)c1C1CC(=O)NC1C(=O)O. The first-order valence-electron chi connectivity index (χ1n) is 5.39. The fraction of sp³-hybridized carbons (Fsp3) is 0.333. The summed E-state index contributed by atoms with van der Waals surface area (Å²) in [6.07, 6.45) is 0.0943. The molecule has 1 aromatic rings. The molecule has 0 radical (unpaired) electrons. The Morgan fingerprint density at radius 1 is 1.56 bits per heavy atom. The van der Waals surface area contributed by atoms with Gasteiger partial charge in [0.05, 0.1) is 7.11 Å². The van der Waals surface area contributed by atoms with E-state index in [9.17, 15) is 9.59 Å². The summed E-state index contributed by atoms with van der Waals surface area (Å²) < 4.78 is 5.19. The average Bonchev–Trinajstić information content (AvgIpc) is 2.70. The number of carboxylic acid groups (broad SMARTS) is 1. The molecule has 2 rings (SSSR count). The highest BCUT2D eigenvalue weighted by atomic mass is 35.5. The number of aliphatic carboxylic acids is 1. The zero-order valence-corrected chi connectivity index (χ0v) is 10.4. The Labute approximate surface area is 109 Å². The lowest BCUT2D eigenvalue weighted by Gasteiger charge is -2.19. The third-order valence-electron chi connectivity index (χ3n) is 2.99. The van der Waals surface area contributed by atoms with Crippen molar-refractivity contribution in [2.45, 2.75) is 18.4 Å². The van der Waals surface area contributed by atoms with E-state index in [0.29, 0.717) is 16.3 Å². The Balaban J connectivity index is 2.47. The minimum absolute atomic E-state index is 0.0943. The summed E-state index contributed by atoms with van der Waals surface area (Å²) in [6.45, 7) is 0. The van der Waals surface area contributed by atoms with E-state index in [1.54, 1.807) is 18.2 Å². The molecule has 1 heterocycles. The standard InChI is InChI=1S/C12H12ClNO4/c1-18-8-4-2-3-7(13)10(8)6-5-9(15)14-11(6)12(16)17/h2-4,6,11H,5H2,1H3,(H,14,15)(H,16,17). The first-order chi connectivity index (χ1) is 8.54. The molecular weight excluding hydrogens is 258 g/mol. The molecule has 0 aliphatic carbocycles. The van der Waals surface area contributed by atoms with Gasteiger partial charge in [0.15, 0.2) is 0 Å². The molecule has 0 spiro atoms. The van der Waals surface area contributed by atoms with Gasteiger partial charge in [-0.25, -0.2) is 4.79 Å². The van der Waals surface area contributed by atoms with Crippen LogP contribution in [0.3, 0.4) is 0 Å². The van der Waals surface area contributed by atoms with Crippen LogP contribution in [-0.4, -0.2) is 30.1 Å². The van der Waals surface area contributed by atoms with E-state index >= 15 is 0 Å². The highest BCUT2D eigenvalue weighted by Crippen LogP contribution is 2.39. The Bertz CT molecular complexity index is 503. The van der Waals surface area contributed by atoms with Crippen molar-refractivity contribution >= 4 is 23.5 Å². The zero-order chi connectivity index (χ0) is 13.3. The monoisotopic (exact) mass is 269 g/mol. The van der Waals surface area contributed by atoms with Crippen molar-refractivity contribution in [1.29, 1.82) is 0 Å². The van der Waals surface area contributed by atoms with E-state index in [0.717, 1.165) is 0 Å². The van der Waals surface area contributed by atoms with Gasteiger partial charge in [-0.3, -0.25) is 4.79 Å². The molecule has 6 heteroatoms. The van der Waals surface area contributed by atoms with Crippen LogP contribution < -0.4 is 10.1 Å². The number of amides is 1. The van der Waals surface area contributed by atoms with E-state index in [1.807, 2.05) is 0 Å². The lowest BCUT2D eigenvalue weighted by molar-refractivity contribution is -0.140. The fourth-order valence-electron chi connectivity index (χ4n) is 2.21. The minimum atomic E-state index is -1.08. The van der Waals surface area contributed by atoms with Crippen LogP contribution in [0.2, 0.25) is 5.02 Å². The number of ether oxygens (including phenoxy) is 1. The van der Waals surface area contributed by atoms with Gasteiger partial charge in [-0.2, -0.15) is 0 Å². The van der Waals surface area contributed by atoms with Crippen molar-refractivity contribution in [2.75, 3.05) is 7.11 Å². The topological polar surface area (TPSA) is 75.6 Å². The Morgan fingerprint density at radius 3 is 2.89 bits per heavy atom. The van der Waals surface area contributed by atoms with Crippen LogP contribution in [0, 0.1) is 0 Å². The molecule has 5 nitrogen and oxygen atoms in total. The van der Waals surface area contributed by atoms with Crippen molar-refractivity contribution < 1.29 is 19.4 Å². The van der Waals surface area contributed by atoms with E-state index in [2.05, 4.69) is 5.32 Å². The Kier molecular flexibility index (Phi) is 3.43. The molecule has 1 amide bonds. The van der Waals surface area contributed by atoms with Gasteiger partial charge in [-0.1, -0.05) is 17.7 Å². The number of nitrogens with one attached hydrogen (secondary N) is 1. The highest BCUT2D eigenvalue weighted by Gasteiger charge is 2.40. The van der Waals surface area contributed by atoms with Crippen LogP contribution in [-0.2, 0) is 9.59 Å². The summed E-state index contributed by atoms with van der Waals surface area (Å²) in [4.78, 5) is 22.5. The summed E-state index contributed by atoms with van der Waals surface area (Å²) in [7, 11) is 1.48. The van der Waals surface area contributed by atoms with E-state index < -0.39 is 17.9 Å². The smallest absolute Gasteiger partial charge is 0.326 e. The second-order valence-corrected chi connectivity index (χ2v) is 4.46. The molecule has 0 aromatic heterocycles. The largest absolute Gasteiger partial charge is 0.496 e. The number of benzene rings is 1. The maximum absolute atomic E-state index is 11.4. The molecule has 18 heavy (non-hydrogen) atoms. The van der Waals surface area contributed by atoms with Crippen LogP contribution >= 0.6 is 11.6 Å². The van der Waals surface area contributed by atoms with Gasteiger partial charge in [-0.15, -0.1) is 0 Å². The molecule has 2 N–H and O–H groups in total. The number of hydrogen-bond donors (Lipinski definition) is 2. The van der Waals surface area contributed by atoms with Crippen LogP contribution in [0.5, 0.6) is 5.75 Å². The Hall–Kier alpha value is -1.75. The fourth-order valence-corrected chi connectivity index (χ4v) is 2.51. The normalized spacial score (nSPS) is 22.7. The number of carboxylic acids is 1. The lowest BCUT2D eigenvalue weighted by atomic mass is 9.91. The van der Waals surface area contributed by atoms with Crippen LogP contribution in [0.4, 0.5) is 0 Å². The highest BCUT2D eigenvalue weighted by molar-refractivity contribution is 6.31. The molecule has 96 valence electrons. The molecule has 2 atom stereocenters. The third kappa shape index (κ3) is 2.13. The van der Waals surface area contributed by atoms with Crippen molar-refractivity contribution in [3.63, 3.8) is 0 Å². The van der Waals surface area contributed by atoms with Crippen LogP contribution in [0.15, 0.2) is 18.2 Å². The van der Waals surface area contributed by atoms with Crippen molar-refractivity contribution in [1.82, 2.24) is 5.32 Å². The van der Waals surface area contributed by atoms with E-state index in [1.165, 1.54) is 7.11 Å². The van der Waals surface area contributed by atoms with Gasteiger partial charge in [0.2, 0.25) is 5.91 Å². The number of carbonyl (C=O) groups is 2. The maximum Gasteiger partial charge on any atom is 0.326 e. The summed E-state index contributed by atoms with van der Waals surface area (Å²) in [6, 6.07) is 4.10. The minimum Gasteiger partial charge on any atom is -0.496 e. The summed E-state index contributed by atoms with van der Waals surface area (Å²) >= 11 is 6.09. The van der Waals surface area contributed by atoms with E-state index in [-0.39, 0.29) is 12.3 Å².